The molecule has 0 saturated heterocycles. The van der Waals surface area contributed by atoms with Gasteiger partial charge in [0.25, 0.3) is 0 Å². The Bertz CT molecular complexity index is 240. The molecule has 0 amide bonds. The van der Waals surface area contributed by atoms with E-state index in [-0.39, 0.29) is 12.0 Å². The molecule has 0 bridgehead atoms. The van der Waals surface area contributed by atoms with Gasteiger partial charge in [-0.3, -0.25) is 0 Å². The molecule has 62 valence electrons. The van der Waals surface area contributed by atoms with Crippen molar-refractivity contribution < 1.29 is 5.11 Å². The number of hydrogen-bond donors (Lipinski definition) is 1. The van der Waals surface area contributed by atoms with Crippen LogP contribution < -0.4 is 0 Å². The quantitative estimate of drug-likeness (QED) is 0.680. The molecule has 3 nitrogen and oxygen atoms in total. The molecule has 1 heterocycles. The Morgan fingerprint density at radius 2 is 2.27 bits per heavy atom. The van der Waals surface area contributed by atoms with E-state index in [4.69, 9.17) is 5.11 Å². The van der Waals surface area contributed by atoms with Crippen molar-refractivity contribution in [3.63, 3.8) is 0 Å². The Morgan fingerprint density at radius 1 is 1.64 bits per heavy atom. The second kappa shape index (κ2) is 2.66. The third-order valence-corrected chi connectivity index (χ3v) is 1.91. The van der Waals surface area contributed by atoms with Crippen molar-refractivity contribution in [2.75, 3.05) is 6.61 Å². The van der Waals surface area contributed by atoms with Gasteiger partial charge in [0, 0.05) is 24.4 Å². The van der Waals surface area contributed by atoms with Gasteiger partial charge in [-0.05, 0) is 0 Å². The third-order valence-electron chi connectivity index (χ3n) is 1.91. The van der Waals surface area contributed by atoms with Crippen molar-refractivity contribution in [2.45, 2.75) is 19.3 Å². The Hall–Kier alpha value is -0.830. The van der Waals surface area contributed by atoms with Gasteiger partial charge in [-0.1, -0.05) is 13.8 Å². The average molecular weight is 154 g/mol. The van der Waals surface area contributed by atoms with Crippen LogP contribution in [0, 0.1) is 0 Å². The first-order valence-electron chi connectivity index (χ1n) is 3.65. The van der Waals surface area contributed by atoms with Crippen LogP contribution in [0.2, 0.25) is 0 Å². The van der Waals surface area contributed by atoms with Gasteiger partial charge in [-0.25, -0.2) is 4.98 Å². The standard InChI is InChI=1S/C8H14N2O/c1-8(2,5-11)7-4-9-6-10(7)3/h4,6,11H,5H2,1-3H3. The van der Waals surface area contributed by atoms with Crippen LogP contribution in [0.1, 0.15) is 19.5 Å². The van der Waals surface area contributed by atoms with Crippen LogP contribution >= 0.6 is 0 Å². The number of imidazole rings is 1. The van der Waals surface area contributed by atoms with Gasteiger partial charge in [0.15, 0.2) is 0 Å². The van der Waals surface area contributed by atoms with E-state index in [1.54, 1.807) is 12.5 Å². The molecule has 0 radical (unpaired) electrons. The maximum Gasteiger partial charge on any atom is 0.0945 e. The number of hydrogen-bond acceptors (Lipinski definition) is 2. The maximum absolute atomic E-state index is 9.05. The van der Waals surface area contributed by atoms with Crippen LogP contribution in [-0.4, -0.2) is 21.3 Å². The molecule has 0 aliphatic rings. The van der Waals surface area contributed by atoms with Gasteiger partial charge in [-0.2, -0.15) is 0 Å². The Labute approximate surface area is 66.7 Å². The van der Waals surface area contributed by atoms with Crippen LogP contribution in [0.3, 0.4) is 0 Å². The summed E-state index contributed by atoms with van der Waals surface area (Å²) >= 11 is 0. The van der Waals surface area contributed by atoms with Crippen molar-refractivity contribution in [1.29, 1.82) is 0 Å². The highest BCUT2D eigenvalue weighted by Crippen LogP contribution is 2.20. The summed E-state index contributed by atoms with van der Waals surface area (Å²) in [7, 11) is 1.93. The first-order valence-corrected chi connectivity index (χ1v) is 3.65. The Kier molecular flexibility index (Phi) is 2.00. The monoisotopic (exact) mass is 154 g/mol. The van der Waals surface area contributed by atoms with Gasteiger partial charge < -0.3 is 9.67 Å². The van der Waals surface area contributed by atoms with Gasteiger partial charge in [0.2, 0.25) is 0 Å². The fourth-order valence-corrected chi connectivity index (χ4v) is 1.09. The highest BCUT2D eigenvalue weighted by molar-refractivity contribution is 5.11. The minimum Gasteiger partial charge on any atom is -0.395 e. The van der Waals surface area contributed by atoms with Crippen molar-refractivity contribution >= 4 is 0 Å². The second-order valence-corrected chi connectivity index (χ2v) is 3.43. The molecule has 0 aliphatic heterocycles. The molecule has 0 unspecified atom stereocenters. The molecule has 1 aromatic heterocycles. The number of aryl methyl sites for hydroxylation is 1. The fraction of sp³-hybridized carbons (Fsp3) is 0.625. The number of aromatic nitrogens is 2. The van der Waals surface area contributed by atoms with Gasteiger partial charge in [0.1, 0.15) is 0 Å². The molecular weight excluding hydrogens is 140 g/mol. The minimum absolute atomic E-state index is 0.145. The molecular formula is C8H14N2O. The van der Waals surface area contributed by atoms with E-state index in [9.17, 15) is 0 Å². The molecule has 3 heteroatoms. The SMILES string of the molecule is Cn1cncc1C(C)(C)CO. The summed E-state index contributed by atoms with van der Waals surface area (Å²) < 4.78 is 1.93. The maximum atomic E-state index is 9.05. The predicted octanol–water partition coefficient (Wildman–Crippen LogP) is 0.690. The first-order chi connectivity index (χ1) is 5.08. The zero-order valence-corrected chi connectivity index (χ0v) is 7.20. The smallest absolute Gasteiger partial charge is 0.0945 e. The molecule has 0 atom stereocenters. The van der Waals surface area contributed by atoms with Crippen LogP contribution in [0.4, 0.5) is 0 Å². The zero-order valence-electron chi connectivity index (χ0n) is 7.20. The Morgan fingerprint density at radius 3 is 2.64 bits per heavy atom. The lowest BCUT2D eigenvalue weighted by atomic mass is 9.91. The molecule has 0 aliphatic carbocycles. The normalized spacial score (nSPS) is 12.0. The molecule has 0 spiro atoms. The first kappa shape index (κ1) is 8.27. The molecule has 1 rings (SSSR count). The molecule has 1 N–H and O–H groups in total. The topological polar surface area (TPSA) is 38.0 Å². The van der Waals surface area contributed by atoms with Gasteiger partial charge in [0.05, 0.1) is 12.9 Å². The lowest BCUT2D eigenvalue weighted by molar-refractivity contribution is 0.212. The van der Waals surface area contributed by atoms with E-state index in [0.29, 0.717) is 0 Å². The van der Waals surface area contributed by atoms with Crippen molar-refractivity contribution in [3.8, 4) is 0 Å². The van der Waals surface area contributed by atoms with Crippen molar-refractivity contribution in [2.24, 2.45) is 7.05 Å². The van der Waals surface area contributed by atoms with E-state index >= 15 is 0 Å². The summed E-state index contributed by atoms with van der Waals surface area (Å²) in [5, 5.41) is 9.05. The summed E-state index contributed by atoms with van der Waals surface area (Å²) in [4.78, 5) is 3.99. The second-order valence-electron chi connectivity index (χ2n) is 3.43. The summed E-state index contributed by atoms with van der Waals surface area (Å²) in [6.07, 6.45) is 3.53. The number of nitrogens with zero attached hydrogens (tertiary/aromatic N) is 2. The lowest BCUT2D eigenvalue weighted by Crippen LogP contribution is -2.24. The molecule has 0 aromatic carbocycles. The third kappa shape index (κ3) is 1.43. The van der Waals surface area contributed by atoms with Gasteiger partial charge >= 0.3 is 0 Å². The number of aliphatic hydroxyl groups is 1. The lowest BCUT2D eigenvalue weighted by Gasteiger charge is -2.21. The Balaban J connectivity index is 3.00. The molecule has 11 heavy (non-hydrogen) atoms. The summed E-state index contributed by atoms with van der Waals surface area (Å²) in [5.74, 6) is 0. The van der Waals surface area contributed by atoms with E-state index in [1.165, 1.54) is 0 Å². The number of rotatable bonds is 2. The van der Waals surface area contributed by atoms with E-state index in [0.717, 1.165) is 5.69 Å². The van der Waals surface area contributed by atoms with Crippen molar-refractivity contribution in [3.05, 3.63) is 18.2 Å². The largest absolute Gasteiger partial charge is 0.395 e. The highest BCUT2D eigenvalue weighted by Gasteiger charge is 2.22. The average Bonchev–Trinajstić information content (AvgIpc) is 2.36. The molecule has 0 fully saturated rings. The van der Waals surface area contributed by atoms with Crippen molar-refractivity contribution in [1.82, 2.24) is 9.55 Å². The van der Waals surface area contributed by atoms with Crippen LogP contribution in [0.25, 0.3) is 0 Å². The van der Waals surface area contributed by atoms with Crippen LogP contribution in [0.15, 0.2) is 12.5 Å². The summed E-state index contributed by atoms with van der Waals surface area (Å²) in [6, 6.07) is 0. The minimum atomic E-state index is -0.189. The van der Waals surface area contributed by atoms with Gasteiger partial charge in [-0.15, -0.1) is 0 Å². The van der Waals surface area contributed by atoms with E-state index in [2.05, 4.69) is 4.98 Å². The van der Waals surface area contributed by atoms with Crippen LogP contribution in [-0.2, 0) is 12.5 Å². The molecule has 1 aromatic rings. The summed E-state index contributed by atoms with van der Waals surface area (Å²) in [5.41, 5.74) is 0.866. The number of aliphatic hydroxyl groups excluding tert-OH is 1. The zero-order chi connectivity index (χ0) is 8.48. The fourth-order valence-electron chi connectivity index (χ4n) is 1.09. The van der Waals surface area contributed by atoms with E-state index < -0.39 is 0 Å². The molecule has 0 saturated carbocycles. The van der Waals surface area contributed by atoms with Crippen LogP contribution in [0.5, 0.6) is 0 Å². The highest BCUT2D eigenvalue weighted by atomic mass is 16.3. The van der Waals surface area contributed by atoms with E-state index in [1.807, 2.05) is 25.5 Å². The summed E-state index contributed by atoms with van der Waals surface area (Å²) in [6.45, 7) is 4.13. The predicted molar refractivity (Wildman–Crippen MR) is 43.3 cm³/mol.